The maximum absolute atomic E-state index is 14.4. The van der Waals surface area contributed by atoms with Gasteiger partial charge in [-0.05, 0) is 48.5 Å². The summed E-state index contributed by atoms with van der Waals surface area (Å²) in [5.41, 5.74) is 1.92. The number of imidazole rings is 1. The average Bonchev–Trinajstić information content (AvgIpc) is 3.44. The number of rotatable bonds is 8. The van der Waals surface area contributed by atoms with Crippen LogP contribution in [0.1, 0.15) is 18.2 Å². The number of ether oxygens (including phenoxy) is 2. The molecule has 0 radical (unpaired) electrons. The number of halogens is 1. The van der Waals surface area contributed by atoms with Gasteiger partial charge < -0.3 is 24.0 Å². The zero-order chi connectivity index (χ0) is 24.4. The largest absolute Gasteiger partial charge is 0.497 e. The number of anilines is 1. The quantitative estimate of drug-likeness (QED) is 0.415. The second kappa shape index (κ2) is 9.76. The summed E-state index contributed by atoms with van der Waals surface area (Å²) in [6.07, 6.45) is -0.593. The first kappa shape index (κ1) is 22.9. The number of hydrogen-bond donors (Lipinski definition) is 1. The van der Waals surface area contributed by atoms with Crippen LogP contribution in [0, 0.1) is 5.82 Å². The molecule has 0 spiro atoms. The van der Waals surface area contributed by atoms with E-state index in [4.69, 9.17) is 14.5 Å². The van der Waals surface area contributed by atoms with Crippen LogP contribution in [0.3, 0.4) is 0 Å². The van der Waals surface area contributed by atoms with Crippen LogP contribution >= 0.6 is 0 Å². The first-order valence-corrected chi connectivity index (χ1v) is 11.5. The third kappa shape index (κ3) is 4.70. The standard InChI is InChI=1S/C27H26FN3O4/c1-34-20-10-12-21(13-11-20)35-17-19(32)16-31-25-9-5-3-7-23(25)29-27(31)18-14-26(33)30(15-18)24-8-4-2-6-22(24)28/h2-13,18-19,32H,14-17H2,1H3/t18-,19-/m1/s1. The van der Waals surface area contributed by atoms with Crippen molar-refractivity contribution in [2.24, 2.45) is 0 Å². The number of carbonyl (C=O) groups is 1. The van der Waals surface area contributed by atoms with Crippen molar-refractivity contribution < 1.29 is 23.8 Å². The van der Waals surface area contributed by atoms with Crippen molar-refractivity contribution in [3.05, 3.63) is 84.4 Å². The smallest absolute Gasteiger partial charge is 0.227 e. The van der Waals surface area contributed by atoms with Crippen LogP contribution in [-0.2, 0) is 11.3 Å². The van der Waals surface area contributed by atoms with Crippen molar-refractivity contribution >= 4 is 22.6 Å². The Hall–Kier alpha value is -3.91. The highest BCUT2D eigenvalue weighted by Crippen LogP contribution is 2.34. The third-order valence-corrected chi connectivity index (χ3v) is 6.21. The number of amides is 1. The van der Waals surface area contributed by atoms with Gasteiger partial charge in [0.25, 0.3) is 0 Å². The predicted molar refractivity (Wildman–Crippen MR) is 130 cm³/mol. The van der Waals surface area contributed by atoms with Gasteiger partial charge in [0.15, 0.2) is 0 Å². The molecule has 5 rings (SSSR count). The average molecular weight is 476 g/mol. The Labute approximate surface area is 202 Å². The summed E-state index contributed by atoms with van der Waals surface area (Å²) in [7, 11) is 1.60. The lowest BCUT2D eigenvalue weighted by Crippen LogP contribution is -2.27. The fourth-order valence-corrected chi connectivity index (χ4v) is 4.51. The number of aliphatic hydroxyl groups excluding tert-OH is 1. The van der Waals surface area contributed by atoms with Crippen LogP contribution in [0.25, 0.3) is 11.0 Å². The molecule has 180 valence electrons. The minimum absolute atomic E-state index is 0.0865. The number of fused-ring (bicyclic) bond motifs is 1. The van der Waals surface area contributed by atoms with Gasteiger partial charge in [0.2, 0.25) is 5.91 Å². The molecule has 1 aliphatic rings. The molecule has 7 nitrogen and oxygen atoms in total. The molecule has 1 aromatic heterocycles. The molecule has 0 saturated carbocycles. The van der Waals surface area contributed by atoms with E-state index in [1.165, 1.54) is 11.0 Å². The summed E-state index contributed by atoms with van der Waals surface area (Å²) in [6.45, 7) is 0.654. The van der Waals surface area contributed by atoms with E-state index in [0.29, 0.717) is 18.1 Å². The molecule has 0 aliphatic carbocycles. The minimum Gasteiger partial charge on any atom is -0.497 e. The van der Waals surface area contributed by atoms with E-state index in [2.05, 4.69) is 0 Å². The second-order valence-corrected chi connectivity index (χ2v) is 8.57. The second-order valence-electron chi connectivity index (χ2n) is 8.57. The molecule has 2 atom stereocenters. The van der Waals surface area contributed by atoms with E-state index >= 15 is 0 Å². The number of methoxy groups -OCH3 is 1. The van der Waals surface area contributed by atoms with Crippen LogP contribution in [0.15, 0.2) is 72.8 Å². The summed E-state index contributed by atoms with van der Waals surface area (Å²) < 4.78 is 27.2. The molecule has 4 aromatic rings. The first-order valence-electron chi connectivity index (χ1n) is 11.5. The Morgan fingerprint density at radius 3 is 2.54 bits per heavy atom. The summed E-state index contributed by atoms with van der Waals surface area (Å²) in [5, 5.41) is 10.8. The van der Waals surface area contributed by atoms with E-state index in [0.717, 1.165) is 16.8 Å². The monoisotopic (exact) mass is 475 g/mol. The lowest BCUT2D eigenvalue weighted by molar-refractivity contribution is -0.117. The number of hydrogen-bond acceptors (Lipinski definition) is 5. The molecule has 8 heteroatoms. The SMILES string of the molecule is COc1ccc(OC[C@H](O)Cn2c([C@@H]3CC(=O)N(c4ccccc4F)C3)nc3ccccc32)cc1. The molecule has 3 aromatic carbocycles. The third-order valence-electron chi connectivity index (χ3n) is 6.21. The summed E-state index contributed by atoms with van der Waals surface area (Å²) in [4.78, 5) is 19.1. The zero-order valence-corrected chi connectivity index (χ0v) is 19.3. The normalized spacial score (nSPS) is 16.6. The summed E-state index contributed by atoms with van der Waals surface area (Å²) in [5.74, 6) is 1.24. The van der Waals surface area contributed by atoms with Gasteiger partial charge in [-0.1, -0.05) is 24.3 Å². The molecule has 2 heterocycles. The van der Waals surface area contributed by atoms with E-state index in [1.54, 1.807) is 49.6 Å². The number of aromatic nitrogens is 2. The highest BCUT2D eigenvalue weighted by atomic mass is 19.1. The van der Waals surface area contributed by atoms with E-state index in [1.807, 2.05) is 28.8 Å². The van der Waals surface area contributed by atoms with Gasteiger partial charge in [0, 0.05) is 18.9 Å². The van der Waals surface area contributed by atoms with Crippen LogP contribution in [-0.4, -0.2) is 46.9 Å². The predicted octanol–water partition coefficient (Wildman–Crippen LogP) is 4.14. The molecule has 1 saturated heterocycles. The maximum atomic E-state index is 14.4. The van der Waals surface area contributed by atoms with E-state index < -0.39 is 11.9 Å². The molecule has 1 N–H and O–H groups in total. The van der Waals surface area contributed by atoms with Crippen LogP contribution < -0.4 is 14.4 Å². The molecular weight excluding hydrogens is 449 g/mol. The lowest BCUT2D eigenvalue weighted by Gasteiger charge is -2.19. The van der Waals surface area contributed by atoms with Crippen LogP contribution in [0.5, 0.6) is 11.5 Å². The van der Waals surface area contributed by atoms with Crippen molar-refractivity contribution in [2.45, 2.75) is 25.0 Å². The van der Waals surface area contributed by atoms with Crippen molar-refractivity contribution in [2.75, 3.05) is 25.2 Å². The van der Waals surface area contributed by atoms with Crippen molar-refractivity contribution in [3.63, 3.8) is 0 Å². The van der Waals surface area contributed by atoms with Gasteiger partial charge in [-0.3, -0.25) is 4.79 Å². The number of benzene rings is 3. The van der Waals surface area contributed by atoms with E-state index in [-0.39, 0.29) is 37.1 Å². The maximum Gasteiger partial charge on any atom is 0.227 e. The number of nitrogens with zero attached hydrogens (tertiary/aromatic N) is 3. The molecule has 0 unspecified atom stereocenters. The molecule has 1 amide bonds. The molecule has 1 aliphatic heterocycles. The number of carbonyl (C=O) groups excluding carboxylic acids is 1. The molecular formula is C27H26FN3O4. The van der Waals surface area contributed by atoms with Gasteiger partial charge in [-0.25, -0.2) is 9.37 Å². The lowest BCUT2D eigenvalue weighted by atomic mass is 10.1. The summed E-state index contributed by atoms with van der Waals surface area (Å²) in [6, 6.07) is 21.1. The molecule has 1 fully saturated rings. The van der Waals surface area contributed by atoms with Crippen molar-refractivity contribution in [3.8, 4) is 11.5 Å². The Morgan fingerprint density at radius 2 is 1.77 bits per heavy atom. The van der Waals surface area contributed by atoms with Crippen LogP contribution in [0.4, 0.5) is 10.1 Å². The van der Waals surface area contributed by atoms with Crippen molar-refractivity contribution in [1.29, 1.82) is 0 Å². The highest BCUT2D eigenvalue weighted by molar-refractivity contribution is 5.96. The van der Waals surface area contributed by atoms with Gasteiger partial charge in [0.05, 0.1) is 30.4 Å². The highest BCUT2D eigenvalue weighted by Gasteiger charge is 2.36. The fourth-order valence-electron chi connectivity index (χ4n) is 4.51. The Bertz CT molecular complexity index is 1340. The Balaban J connectivity index is 1.36. The Kier molecular flexibility index (Phi) is 6.37. The Morgan fingerprint density at radius 1 is 1.06 bits per heavy atom. The molecule has 35 heavy (non-hydrogen) atoms. The van der Waals surface area contributed by atoms with Gasteiger partial charge in [0.1, 0.15) is 35.9 Å². The number of para-hydroxylation sites is 3. The van der Waals surface area contributed by atoms with Crippen molar-refractivity contribution in [1.82, 2.24) is 9.55 Å². The fraction of sp³-hybridized carbons (Fsp3) is 0.259. The zero-order valence-electron chi connectivity index (χ0n) is 19.3. The molecule has 0 bridgehead atoms. The summed E-state index contributed by atoms with van der Waals surface area (Å²) >= 11 is 0. The van der Waals surface area contributed by atoms with Gasteiger partial charge in [-0.2, -0.15) is 0 Å². The minimum atomic E-state index is -0.812. The van der Waals surface area contributed by atoms with Gasteiger partial charge >= 0.3 is 0 Å². The number of aliphatic hydroxyl groups is 1. The van der Waals surface area contributed by atoms with Crippen LogP contribution in [0.2, 0.25) is 0 Å². The first-order chi connectivity index (χ1) is 17.0. The van der Waals surface area contributed by atoms with Gasteiger partial charge in [-0.15, -0.1) is 0 Å². The topological polar surface area (TPSA) is 76.8 Å². The van der Waals surface area contributed by atoms with E-state index in [9.17, 15) is 14.3 Å².